The van der Waals surface area contributed by atoms with E-state index in [0.29, 0.717) is 0 Å². The van der Waals surface area contributed by atoms with E-state index in [0.717, 1.165) is 12.6 Å². The molecule has 1 rings (SSSR count). The first-order valence-electron chi connectivity index (χ1n) is 5.03. The van der Waals surface area contributed by atoms with Gasteiger partial charge in [-0.15, -0.1) is 0 Å². The predicted molar refractivity (Wildman–Crippen MR) is 51.5 cm³/mol. The predicted octanol–water partition coefficient (Wildman–Crippen LogP) is 1.000. The smallest absolute Gasteiger partial charge is 0.418 e. The summed E-state index contributed by atoms with van der Waals surface area (Å²) < 4.78 is 44.0. The lowest BCUT2D eigenvalue weighted by atomic mass is 10.2. The van der Waals surface area contributed by atoms with Crippen molar-refractivity contribution in [2.24, 2.45) is 0 Å². The van der Waals surface area contributed by atoms with E-state index in [9.17, 15) is 17.3 Å². The number of hydrogen-bond acceptors (Lipinski definition) is 1. The van der Waals surface area contributed by atoms with Gasteiger partial charge in [0.25, 0.3) is 0 Å². The Labute approximate surface area is 87.7 Å². The van der Waals surface area contributed by atoms with Crippen LogP contribution in [0.5, 0.6) is 0 Å². The molecule has 7 heteroatoms. The third-order valence-corrected chi connectivity index (χ3v) is 2.49. The number of methoxy groups -OCH3 is 1. The quantitative estimate of drug-likeness (QED) is 0.565. The molecule has 0 bridgehead atoms. The lowest BCUT2D eigenvalue weighted by Gasteiger charge is -2.15. The lowest BCUT2D eigenvalue weighted by Crippen LogP contribution is -3.10. The molecular formula is C8H18BF4NO. The van der Waals surface area contributed by atoms with Crippen molar-refractivity contribution in [2.45, 2.75) is 25.3 Å². The van der Waals surface area contributed by atoms with Gasteiger partial charge >= 0.3 is 7.25 Å². The minimum atomic E-state index is -6.00. The number of quaternary nitrogens is 1. The molecule has 2 atom stereocenters. The van der Waals surface area contributed by atoms with E-state index in [-0.39, 0.29) is 0 Å². The molecule has 1 aliphatic heterocycles. The summed E-state index contributed by atoms with van der Waals surface area (Å²) in [4.78, 5) is 1.69. The number of hydrogen-bond donors (Lipinski definition) is 1. The van der Waals surface area contributed by atoms with E-state index in [2.05, 4.69) is 7.05 Å². The summed E-state index contributed by atoms with van der Waals surface area (Å²) >= 11 is 0. The molecular weight excluding hydrogens is 213 g/mol. The van der Waals surface area contributed by atoms with Crippen LogP contribution in [-0.4, -0.2) is 40.6 Å². The van der Waals surface area contributed by atoms with Gasteiger partial charge in [-0.2, -0.15) is 0 Å². The molecule has 0 aliphatic carbocycles. The van der Waals surface area contributed by atoms with Crippen molar-refractivity contribution in [3.8, 4) is 0 Å². The summed E-state index contributed by atoms with van der Waals surface area (Å²) in [5, 5.41) is 0. The monoisotopic (exact) mass is 231 g/mol. The van der Waals surface area contributed by atoms with Crippen LogP contribution in [0.15, 0.2) is 0 Å². The molecule has 0 aromatic carbocycles. The lowest BCUT2D eigenvalue weighted by molar-refractivity contribution is -0.892. The minimum Gasteiger partial charge on any atom is -0.418 e. The van der Waals surface area contributed by atoms with Gasteiger partial charge < -0.3 is 26.9 Å². The van der Waals surface area contributed by atoms with Crippen molar-refractivity contribution < 1.29 is 26.9 Å². The third-order valence-electron chi connectivity index (χ3n) is 2.49. The highest BCUT2D eigenvalue weighted by Gasteiger charge is 2.23. The first-order chi connectivity index (χ1) is 6.84. The fraction of sp³-hybridized carbons (Fsp3) is 1.00. The zero-order chi connectivity index (χ0) is 11.9. The molecule has 1 saturated heterocycles. The van der Waals surface area contributed by atoms with Gasteiger partial charge in [-0.1, -0.05) is 0 Å². The first kappa shape index (κ1) is 14.7. The summed E-state index contributed by atoms with van der Waals surface area (Å²) in [5.41, 5.74) is 0. The van der Waals surface area contributed by atoms with E-state index in [1.54, 1.807) is 12.0 Å². The van der Waals surface area contributed by atoms with E-state index < -0.39 is 7.25 Å². The molecule has 0 aromatic rings. The average molecular weight is 231 g/mol. The Morgan fingerprint density at radius 2 is 1.87 bits per heavy atom. The van der Waals surface area contributed by atoms with Gasteiger partial charge in [-0.25, -0.2) is 0 Å². The molecule has 1 N–H and O–H groups in total. The summed E-state index contributed by atoms with van der Waals surface area (Å²) in [7, 11) is -1.93. The zero-order valence-corrected chi connectivity index (χ0v) is 9.11. The van der Waals surface area contributed by atoms with Crippen LogP contribution in [-0.2, 0) is 4.74 Å². The summed E-state index contributed by atoms with van der Waals surface area (Å²) in [5.74, 6) is 0. The zero-order valence-electron chi connectivity index (χ0n) is 9.11. The van der Waals surface area contributed by atoms with Crippen LogP contribution >= 0.6 is 0 Å². The van der Waals surface area contributed by atoms with Crippen LogP contribution in [0.1, 0.15) is 19.3 Å². The summed E-state index contributed by atoms with van der Waals surface area (Å²) in [6.45, 7) is 2.29. The fourth-order valence-corrected chi connectivity index (χ4v) is 1.73. The standard InChI is InChI=1S/C8H17NO.BF4/c1-9-6-3-4-8(9)5-7-10-2;2-1(3,4)5/h8H,3-7H2,1-2H3;/q;-1/p+1. The second kappa shape index (κ2) is 7.06. The van der Waals surface area contributed by atoms with Crippen molar-refractivity contribution in [3.05, 3.63) is 0 Å². The summed E-state index contributed by atoms with van der Waals surface area (Å²) in [6.07, 6.45) is 4.04. The number of rotatable bonds is 3. The van der Waals surface area contributed by atoms with E-state index in [1.807, 2.05) is 0 Å². The molecule has 1 heterocycles. The maximum absolute atomic E-state index is 9.75. The topological polar surface area (TPSA) is 13.7 Å². The maximum atomic E-state index is 9.75. The van der Waals surface area contributed by atoms with Crippen LogP contribution in [0, 0.1) is 0 Å². The maximum Gasteiger partial charge on any atom is 0.673 e. The second-order valence-corrected chi connectivity index (χ2v) is 3.71. The highest BCUT2D eigenvalue weighted by molar-refractivity contribution is 6.50. The molecule has 0 radical (unpaired) electrons. The molecule has 1 fully saturated rings. The molecule has 92 valence electrons. The molecule has 0 amide bonds. The van der Waals surface area contributed by atoms with E-state index >= 15 is 0 Å². The van der Waals surface area contributed by atoms with Crippen LogP contribution in [0.25, 0.3) is 0 Å². The Morgan fingerprint density at radius 3 is 2.20 bits per heavy atom. The van der Waals surface area contributed by atoms with Crippen LogP contribution < -0.4 is 4.90 Å². The van der Waals surface area contributed by atoms with Gasteiger partial charge in [0.1, 0.15) is 0 Å². The highest BCUT2D eigenvalue weighted by Crippen LogP contribution is 2.06. The number of likely N-dealkylation sites (tertiary alicyclic amines) is 1. The van der Waals surface area contributed by atoms with Gasteiger partial charge in [0.15, 0.2) is 0 Å². The van der Waals surface area contributed by atoms with Crippen molar-refractivity contribution in [1.82, 2.24) is 0 Å². The van der Waals surface area contributed by atoms with E-state index in [4.69, 9.17) is 4.74 Å². The number of halogens is 4. The average Bonchev–Trinajstić information content (AvgIpc) is 2.45. The third kappa shape index (κ3) is 10.00. The van der Waals surface area contributed by atoms with Gasteiger partial charge in [0.2, 0.25) is 0 Å². The minimum absolute atomic E-state index is 0.875. The van der Waals surface area contributed by atoms with E-state index in [1.165, 1.54) is 25.8 Å². The normalized spacial score (nSPS) is 26.0. The van der Waals surface area contributed by atoms with Gasteiger partial charge in [0, 0.05) is 26.4 Å². The largest absolute Gasteiger partial charge is 0.673 e. The fourth-order valence-electron chi connectivity index (χ4n) is 1.73. The Bertz CT molecular complexity index is 161. The molecule has 1 aliphatic rings. The molecule has 15 heavy (non-hydrogen) atoms. The molecule has 0 saturated carbocycles. The van der Waals surface area contributed by atoms with Crippen molar-refractivity contribution in [3.63, 3.8) is 0 Å². The highest BCUT2D eigenvalue weighted by atomic mass is 19.5. The Morgan fingerprint density at radius 1 is 1.33 bits per heavy atom. The van der Waals surface area contributed by atoms with Crippen LogP contribution in [0.4, 0.5) is 17.3 Å². The Kier molecular flexibility index (Phi) is 6.92. The van der Waals surface area contributed by atoms with Gasteiger partial charge in [0.05, 0.1) is 26.2 Å². The Hall–Kier alpha value is -0.295. The molecule has 2 unspecified atom stereocenters. The number of nitrogens with one attached hydrogen (secondary N) is 1. The van der Waals surface area contributed by atoms with Crippen molar-refractivity contribution in [1.29, 1.82) is 0 Å². The first-order valence-corrected chi connectivity index (χ1v) is 5.03. The molecule has 0 aromatic heterocycles. The second-order valence-electron chi connectivity index (χ2n) is 3.71. The SMILES string of the molecule is COCCC1CCC[NH+]1C.F[B-](F)(F)F. The van der Waals surface area contributed by atoms with Crippen molar-refractivity contribution in [2.75, 3.05) is 27.3 Å². The molecule has 0 spiro atoms. The number of ether oxygens (including phenoxy) is 1. The van der Waals surface area contributed by atoms with Crippen LogP contribution in [0.2, 0.25) is 0 Å². The molecule has 2 nitrogen and oxygen atoms in total. The van der Waals surface area contributed by atoms with Gasteiger partial charge in [-0.3, -0.25) is 0 Å². The Balaban J connectivity index is 0.000000336. The van der Waals surface area contributed by atoms with Crippen molar-refractivity contribution >= 4 is 7.25 Å². The summed E-state index contributed by atoms with van der Waals surface area (Å²) in [6, 6.07) is 0.875. The van der Waals surface area contributed by atoms with Crippen LogP contribution in [0.3, 0.4) is 0 Å². The van der Waals surface area contributed by atoms with Gasteiger partial charge in [-0.05, 0) is 0 Å².